The molecule has 0 aliphatic rings. The molecule has 0 spiro atoms. The van der Waals surface area contributed by atoms with Gasteiger partial charge in [-0.15, -0.1) is 0 Å². The molecule has 120 valence electrons. The van der Waals surface area contributed by atoms with Crippen LogP contribution in [0.15, 0.2) is 4.47 Å². The molecule has 2 rings (SSSR count). The van der Waals surface area contributed by atoms with Crippen LogP contribution in [0.2, 0.25) is 0 Å². The van der Waals surface area contributed by atoms with Crippen molar-refractivity contribution in [3.8, 4) is 0 Å². The molecule has 2 N–H and O–H groups in total. The van der Waals surface area contributed by atoms with Gasteiger partial charge in [0.1, 0.15) is 6.54 Å². The Morgan fingerprint density at radius 3 is 2.50 bits per heavy atom. The van der Waals surface area contributed by atoms with Crippen LogP contribution in [0.4, 0.5) is 18.9 Å². The van der Waals surface area contributed by atoms with E-state index in [0.717, 1.165) is 4.47 Å². The lowest BCUT2D eigenvalue weighted by molar-refractivity contribution is -0.140. The molecule has 0 fully saturated rings. The van der Waals surface area contributed by atoms with E-state index in [1.54, 1.807) is 13.8 Å². The average Bonchev–Trinajstić information content (AvgIpc) is 2.86. The van der Waals surface area contributed by atoms with E-state index in [1.807, 2.05) is 0 Å². The largest absolute Gasteiger partial charge is 0.437 e. The number of aromatic nitrogens is 4. The molecule has 10 heteroatoms. The summed E-state index contributed by atoms with van der Waals surface area (Å²) in [5, 5.41) is 11.8. The smallest absolute Gasteiger partial charge is 0.321 e. The Labute approximate surface area is 132 Å². The number of halogens is 4. The molecule has 0 saturated carbocycles. The fourth-order valence-electron chi connectivity index (χ4n) is 1.93. The van der Waals surface area contributed by atoms with Crippen LogP contribution >= 0.6 is 15.9 Å². The van der Waals surface area contributed by atoms with Crippen LogP contribution in [-0.2, 0) is 17.5 Å². The summed E-state index contributed by atoms with van der Waals surface area (Å²) in [6.45, 7) is 4.72. The lowest BCUT2D eigenvalue weighted by Gasteiger charge is -2.09. The van der Waals surface area contributed by atoms with Gasteiger partial charge in [0.15, 0.2) is 5.69 Å². The lowest BCUT2D eigenvalue weighted by Crippen LogP contribution is -2.22. The summed E-state index contributed by atoms with van der Waals surface area (Å²) in [5.41, 5.74) is 0.0367. The second-order valence-corrected chi connectivity index (χ2v) is 5.55. The Bertz CT molecular complexity index is 719. The van der Waals surface area contributed by atoms with Crippen molar-refractivity contribution in [1.29, 1.82) is 0 Å². The molecule has 22 heavy (non-hydrogen) atoms. The minimum Gasteiger partial charge on any atom is -0.321 e. The molecule has 0 unspecified atom stereocenters. The molecular weight excluding hydrogens is 367 g/mol. The van der Waals surface area contributed by atoms with Crippen LogP contribution in [0.5, 0.6) is 0 Å². The number of nitrogens with one attached hydrogen (secondary N) is 2. The summed E-state index contributed by atoms with van der Waals surface area (Å²) in [6, 6.07) is 0. The molecule has 2 aromatic rings. The summed E-state index contributed by atoms with van der Waals surface area (Å²) in [6.07, 6.45) is -4.64. The van der Waals surface area contributed by atoms with Gasteiger partial charge in [-0.2, -0.15) is 23.4 Å². The molecule has 2 heterocycles. The zero-order valence-electron chi connectivity index (χ0n) is 12.0. The molecule has 6 nitrogen and oxygen atoms in total. The summed E-state index contributed by atoms with van der Waals surface area (Å²) < 4.78 is 40.6. The molecule has 1 amide bonds. The van der Waals surface area contributed by atoms with Crippen LogP contribution in [0.25, 0.3) is 0 Å². The van der Waals surface area contributed by atoms with Crippen molar-refractivity contribution in [3.05, 3.63) is 27.2 Å². The van der Waals surface area contributed by atoms with Crippen LogP contribution in [0, 0.1) is 20.8 Å². The van der Waals surface area contributed by atoms with Crippen molar-refractivity contribution >= 4 is 27.5 Å². The Morgan fingerprint density at radius 2 is 2.00 bits per heavy atom. The van der Waals surface area contributed by atoms with Gasteiger partial charge in [-0.05, 0) is 36.7 Å². The van der Waals surface area contributed by atoms with Crippen molar-refractivity contribution in [1.82, 2.24) is 20.0 Å². The summed E-state index contributed by atoms with van der Waals surface area (Å²) in [7, 11) is 0. The molecular formula is C12H13BrF3N5O. The molecule has 0 atom stereocenters. The van der Waals surface area contributed by atoms with E-state index in [9.17, 15) is 18.0 Å². The molecule has 2 aromatic heterocycles. The summed E-state index contributed by atoms with van der Waals surface area (Å²) >= 11 is 3.32. The van der Waals surface area contributed by atoms with Crippen molar-refractivity contribution in [2.45, 2.75) is 33.5 Å². The van der Waals surface area contributed by atoms with Crippen LogP contribution in [0.3, 0.4) is 0 Å². The number of hydrogen-bond acceptors (Lipinski definition) is 3. The first kappa shape index (κ1) is 16.5. The van der Waals surface area contributed by atoms with E-state index < -0.39 is 17.8 Å². The van der Waals surface area contributed by atoms with Gasteiger partial charge in [-0.1, -0.05) is 0 Å². The van der Waals surface area contributed by atoms with E-state index in [2.05, 4.69) is 36.5 Å². The number of amides is 1. The van der Waals surface area contributed by atoms with Crippen LogP contribution in [-0.4, -0.2) is 25.9 Å². The highest BCUT2D eigenvalue weighted by molar-refractivity contribution is 9.10. The predicted molar refractivity (Wildman–Crippen MR) is 76.4 cm³/mol. The SMILES string of the molecule is Cc1nn(CC(=O)Nc2c(C(F)(F)F)n[nH]c2C)c(C)c1Br. The van der Waals surface area contributed by atoms with Gasteiger partial charge in [0.25, 0.3) is 0 Å². The number of carbonyl (C=O) groups excluding carboxylic acids is 1. The normalized spacial score (nSPS) is 11.8. The van der Waals surface area contributed by atoms with Crippen molar-refractivity contribution in [2.24, 2.45) is 0 Å². The maximum Gasteiger partial charge on any atom is 0.437 e. The van der Waals surface area contributed by atoms with Crippen molar-refractivity contribution < 1.29 is 18.0 Å². The van der Waals surface area contributed by atoms with Crippen LogP contribution < -0.4 is 5.32 Å². The number of H-pyrrole nitrogens is 1. The van der Waals surface area contributed by atoms with Gasteiger partial charge >= 0.3 is 6.18 Å². The number of aromatic amines is 1. The highest BCUT2D eigenvalue weighted by Gasteiger charge is 2.38. The Kier molecular flexibility index (Phi) is 4.32. The quantitative estimate of drug-likeness (QED) is 0.860. The van der Waals surface area contributed by atoms with Crippen molar-refractivity contribution in [2.75, 3.05) is 5.32 Å². The fraction of sp³-hybridized carbons (Fsp3) is 0.417. The second-order valence-electron chi connectivity index (χ2n) is 4.76. The van der Waals surface area contributed by atoms with E-state index in [4.69, 9.17) is 0 Å². The first-order valence-corrected chi connectivity index (χ1v) is 7.02. The van der Waals surface area contributed by atoms with E-state index in [-0.39, 0.29) is 17.9 Å². The van der Waals surface area contributed by atoms with E-state index >= 15 is 0 Å². The molecule has 0 aliphatic heterocycles. The summed E-state index contributed by atoms with van der Waals surface area (Å²) in [4.78, 5) is 12.0. The third-order valence-corrected chi connectivity index (χ3v) is 4.21. The van der Waals surface area contributed by atoms with Crippen molar-refractivity contribution in [3.63, 3.8) is 0 Å². The van der Waals surface area contributed by atoms with Gasteiger partial charge in [-0.25, -0.2) is 0 Å². The number of aryl methyl sites for hydroxylation is 2. The Morgan fingerprint density at radius 1 is 1.36 bits per heavy atom. The zero-order valence-corrected chi connectivity index (χ0v) is 13.6. The summed E-state index contributed by atoms with van der Waals surface area (Å²) in [5.74, 6) is -0.617. The monoisotopic (exact) mass is 379 g/mol. The lowest BCUT2D eigenvalue weighted by atomic mass is 10.3. The molecule has 0 bridgehead atoms. The maximum atomic E-state index is 12.8. The third-order valence-electron chi connectivity index (χ3n) is 3.07. The molecule has 0 radical (unpaired) electrons. The number of anilines is 1. The predicted octanol–water partition coefficient (Wildman–Crippen LogP) is 2.95. The number of carbonyl (C=O) groups is 1. The number of rotatable bonds is 3. The van der Waals surface area contributed by atoms with Gasteiger partial charge < -0.3 is 5.32 Å². The highest BCUT2D eigenvalue weighted by Crippen LogP contribution is 2.34. The molecule has 0 saturated heterocycles. The van der Waals surface area contributed by atoms with E-state index in [0.29, 0.717) is 11.4 Å². The Balaban J connectivity index is 2.20. The first-order chi connectivity index (χ1) is 10.1. The highest BCUT2D eigenvalue weighted by atomic mass is 79.9. The van der Waals surface area contributed by atoms with Gasteiger partial charge in [-0.3, -0.25) is 14.6 Å². The number of hydrogen-bond donors (Lipinski definition) is 2. The maximum absolute atomic E-state index is 12.8. The minimum absolute atomic E-state index is 0.134. The van der Waals surface area contributed by atoms with Gasteiger partial charge in [0.05, 0.1) is 27.2 Å². The zero-order chi connectivity index (χ0) is 16.7. The minimum atomic E-state index is -4.64. The number of nitrogens with zero attached hydrogens (tertiary/aromatic N) is 3. The molecule has 0 aromatic carbocycles. The van der Waals surface area contributed by atoms with E-state index in [1.165, 1.54) is 11.6 Å². The van der Waals surface area contributed by atoms with Gasteiger partial charge in [0.2, 0.25) is 5.91 Å². The standard InChI is InChI=1S/C12H13BrF3N5O/c1-5-9(13)7(3)21(20-5)4-8(22)17-10-6(2)18-19-11(10)12(14,15)16/h4H2,1-3H3,(H,17,22)(H,18,19). The third kappa shape index (κ3) is 3.16. The average molecular weight is 380 g/mol. The first-order valence-electron chi connectivity index (χ1n) is 6.22. The fourth-order valence-corrected chi connectivity index (χ4v) is 2.22. The second kappa shape index (κ2) is 5.75. The topological polar surface area (TPSA) is 75.6 Å². The van der Waals surface area contributed by atoms with Gasteiger partial charge in [0, 0.05) is 0 Å². The molecule has 0 aliphatic carbocycles. The number of alkyl halides is 3. The van der Waals surface area contributed by atoms with Crippen LogP contribution in [0.1, 0.15) is 22.8 Å². The Hall–Kier alpha value is -1.84.